The van der Waals surface area contributed by atoms with Gasteiger partial charge in [0.1, 0.15) is 0 Å². The molecule has 0 atom stereocenters. The highest BCUT2D eigenvalue weighted by atomic mass is 32.2. The molecule has 1 aliphatic heterocycles. The van der Waals surface area contributed by atoms with E-state index in [2.05, 4.69) is 36.0 Å². The van der Waals surface area contributed by atoms with Crippen LogP contribution in [0.25, 0.3) is 0 Å². The van der Waals surface area contributed by atoms with Gasteiger partial charge in [-0.25, -0.2) is 0 Å². The second-order valence-electron chi connectivity index (χ2n) is 4.48. The molecule has 0 unspecified atom stereocenters. The van der Waals surface area contributed by atoms with Gasteiger partial charge in [0.2, 0.25) is 0 Å². The van der Waals surface area contributed by atoms with Crippen LogP contribution in [0.5, 0.6) is 0 Å². The van der Waals surface area contributed by atoms with Crippen LogP contribution in [-0.4, -0.2) is 18.1 Å². The summed E-state index contributed by atoms with van der Waals surface area (Å²) >= 11 is 2.10. The van der Waals surface area contributed by atoms with Gasteiger partial charge >= 0.3 is 0 Å². The molecule has 1 saturated heterocycles. The lowest BCUT2D eigenvalue weighted by molar-refractivity contribution is 0.628. The molecule has 0 aliphatic carbocycles. The Morgan fingerprint density at radius 3 is 2.69 bits per heavy atom. The average molecular weight is 235 g/mol. The van der Waals surface area contributed by atoms with E-state index in [0.717, 1.165) is 25.3 Å². The minimum atomic E-state index is 0.800. The third-order valence-corrected chi connectivity index (χ3v) is 4.42. The molecule has 1 nitrogen and oxygen atoms in total. The number of hydrogen-bond donors (Lipinski definition) is 1. The molecule has 1 aromatic rings. The van der Waals surface area contributed by atoms with Crippen molar-refractivity contribution in [1.29, 1.82) is 0 Å². The van der Waals surface area contributed by atoms with E-state index in [0.29, 0.717) is 0 Å². The molecule has 0 saturated carbocycles. The summed E-state index contributed by atoms with van der Waals surface area (Å²) in [6.07, 6.45) is 4.96. The quantitative estimate of drug-likeness (QED) is 0.867. The number of benzene rings is 1. The van der Waals surface area contributed by atoms with E-state index < -0.39 is 0 Å². The van der Waals surface area contributed by atoms with Crippen molar-refractivity contribution in [2.24, 2.45) is 5.73 Å². The first-order valence-corrected chi connectivity index (χ1v) is 7.43. The Morgan fingerprint density at radius 2 is 1.94 bits per heavy atom. The molecular formula is C14H21NS. The van der Waals surface area contributed by atoms with Crippen molar-refractivity contribution in [1.82, 2.24) is 0 Å². The van der Waals surface area contributed by atoms with Gasteiger partial charge in [-0.05, 0) is 60.8 Å². The summed E-state index contributed by atoms with van der Waals surface area (Å²) in [5.41, 5.74) is 8.73. The van der Waals surface area contributed by atoms with Crippen molar-refractivity contribution in [2.45, 2.75) is 31.6 Å². The Labute approximate surface area is 103 Å². The first-order valence-electron chi connectivity index (χ1n) is 6.27. The maximum absolute atomic E-state index is 5.60. The highest BCUT2D eigenvalue weighted by molar-refractivity contribution is 7.99. The van der Waals surface area contributed by atoms with Crippen LogP contribution in [-0.2, 0) is 6.42 Å². The zero-order valence-electron chi connectivity index (χ0n) is 9.82. The van der Waals surface area contributed by atoms with Gasteiger partial charge in [-0.15, -0.1) is 0 Å². The van der Waals surface area contributed by atoms with Crippen molar-refractivity contribution in [3.63, 3.8) is 0 Å². The van der Waals surface area contributed by atoms with Crippen molar-refractivity contribution in [2.75, 3.05) is 18.1 Å². The number of hydrogen-bond acceptors (Lipinski definition) is 2. The van der Waals surface area contributed by atoms with Crippen LogP contribution in [0.1, 0.15) is 36.3 Å². The minimum Gasteiger partial charge on any atom is -0.330 e. The van der Waals surface area contributed by atoms with Gasteiger partial charge in [0.25, 0.3) is 0 Å². The predicted octanol–water partition coefficient (Wildman–Crippen LogP) is 3.19. The van der Waals surface area contributed by atoms with Crippen LogP contribution in [0.2, 0.25) is 0 Å². The number of rotatable bonds is 4. The fourth-order valence-corrected chi connectivity index (χ4v) is 3.57. The Hall–Kier alpha value is -0.470. The van der Waals surface area contributed by atoms with E-state index >= 15 is 0 Å². The summed E-state index contributed by atoms with van der Waals surface area (Å²) in [6.45, 7) is 0.800. The molecule has 16 heavy (non-hydrogen) atoms. The summed E-state index contributed by atoms with van der Waals surface area (Å²) in [5, 5.41) is 0. The summed E-state index contributed by atoms with van der Waals surface area (Å²) in [5.74, 6) is 3.46. The molecule has 1 fully saturated rings. The number of nitrogens with two attached hydrogens (primary N) is 1. The molecular weight excluding hydrogens is 214 g/mol. The van der Waals surface area contributed by atoms with E-state index in [4.69, 9.17) is 5.73 Å². The van der Waals surface area contributed by atoms with Crippen molar-refractivity contribution in [3.8, 4) is 0 Å². The van der Waals surface area contributed by atoms with Gasteiger partial charge in [-0.2, -0.15) is 11.8 Å². The predicted molar refractivity (Wildman–Crippen MR) is 73.1 cm³/mol. The fraction of sp³-hybridized carbons (Fsp3) is 0.571. The van der Waals surface area contributed by atoms with Gasteiger partial charge < -0.3 is 5.73 Å². The van der Waals surface area contributed by atoms with Crippen LogP contribution >= 0.6 is 11.8 Å². The first kappa shape index (κ1) is 12.0. The van der Waals surface area contributed by atoms with Gasteiger partial charge in [-0.1, -0.05) is 24.3 Å². The number of aryl methyl sites for hydroxylation is 1. The normalized spacial score (nSPS) is 17.6. The summed E-state index contributed by atoms with van der Waals surface area (Å²) < 4.78 is 0. The smallest absolute Gasteiger partial charge is 0.00617 e. The molecule has 0 radical (unpaired) electrons. The monoisotopic (exact) mass is 235 g/mol. The largest absolute Gasteiger partial charge is 0.330 e. The van der Waals surface area contributed by atoms with Crippen molar-refractivity contribution >= 4 is 11.8 Å². The molecule has 1 heterocycles. The fourth-order valence-electron chi connectivity index (χ4n) is 2.46. The highest BCUT2D eigenvalue weighted by Crippen LogP contribution is 2.33. The lowest BCUT2D eigenvalue weighted by Crippen LogP contribution is -2.11. The van der Waals surface area contributed by atoms with Crippen LogP contribution in [0, 0.1) is 0 Å². The molecule has 2 heteroatoms. The highest BCUT2D eigenvalue weighted by Gasteiger charge is 2.17. The molecule has 0 aromatic heterocycles. The minimum absolute atomic E-state index is 0.800. The van der Waals surface area contributed by atoms with E-state index in [1.54, 1.807) is 5.56 Å². The second-order valence-corrected chi connectivity index (χ2v) is 5.70. The molecule has 1 aromatic carbocycles. The molecule has 0 spiro atoms. The molecule has 2 N–H and O–H groups in total. The van der Waals surface area contributed by atoms with Crippen LogP contribution in [0.4, 0.5) is 0 Å². The molecule has 88 valence electrons. The average Bonchev–Trinajstić information content (AvgIpc) is 2.38. The van der Waals surface area contributed by atoms with Crippen LogP contribution < -0.4 is 5.73 Å². The van der Waals surface area contributed by atoms with Crippen molar-refractivity contribution in [3.05, 3.63) is 35.4 Å². The topological polar surface area (TPSA) is 26.0 Å². The van der Waals surface area contributed by atoms with E-state index in [9.17, 15) is 0 Å². The molecule has 0 bridgehead atoms. The van der Waals surface area contributed by atoms with E-state index in [-0.39, 0.29) is 0 Å². The van der Waals surface area contributed by atoms with Gasteiger partial charge in [0.15, 0.2) is 0 Å². The Bertz CT molecular complexity index is 318. The molecule has 1 aliphatic rings. The SMILES string of the molecule is NCCCc1ccccc1C1CCSCC1. The van der Waals surface area contributed by atoms with Gasteiger partial charge in [-0.3, -0.25) is 0 Å². The van der Waals surface area contributed by atoms with E-state index in [1.165, 1.54) is 29.9 Å². The van der Waals surface area contributed by atoms with Crippen LogP contribution in [0.15, 0.2) is 24.3 Å². The van der Waals surface area contributed by atoms with E-state index in [1.807, 2.05) is 0 Å². The lowest BCUT2D eigenvalue weighted by atomic mass is 9.88. The Balaban J connectivity index is 2.11. The standard InChI is InChI=1S/C14H21NS/c15-9-3-5-12-4-1-2-6-14(12)13-7-10-16-11-8-13/h1-2,4,6,13H,3,5,7-11,15H2. The third kappa shape index (κ3) is 3.02. The zero-order chi connectivity index (χ0) is 11.2. The zero-order valence-corrected chi connectivity index (χ0v) is 10.6. The first-order chi connectivity index (χ1) is 7.92. The third-order valence-electron chi connectivity index (χ3n) is 3.37. The molecule has 0 amide bonds. The maximum Gasteiger partial charge on any atom is -0.00617 e. The summed E-state index contributed by atoms with van der Waals surface area (Å²) in [7, 11) is 0. The maximum atomic E-state index is 5.60. The molecule has 2 rings (SSSR count). The van der Waals surface area contributed by atoms with Crippen LogP contribution in [0.3, 0.4) is 0 Å². The summed E-state index contributed by atoms with van der Waals surface area (Å²) in [4.78, 5) is 0. The Kier molecular flexibility index (Phi) is 4.73. The van der Waals surface area contributed by atoms with Gasteiger partial charge in [0.05, 0.1) is 0 Å². The van der Waals surface area contributed by atoms with Crippen molar-refractivity contribution < 1.29 is 0 Å². The lowest BCUT2D eigenvalue weighted by Gasteiger charge is -2.24. The number of thioether (sulfide) groups is 1. The summed E-state index contributed by atoms with van der Waals surface area (Å²) in [6, 6.07) is 8.95. The Morgan fingerprint density at radius 1 is 1.19 bits per heavy atom. The van der Waals surface area contributed by atoms with Gasteiger partial charge in [0, 0.05) is 0 Å². The second kappa shape index (κ2) is 6.31.